The minimum absolute atomic E-state index is 0.0636. The number of carbonyl (C=O) groups is 3. The van der Waals surface area contributed by atoms with Gasteiger partial charge in [0.15, 0.2) is 0 Å². The first-order valence-electron chi connectivity index (χ1n) is 7.63. The van der Waals surface area contributed by atoms with Crippen molar-refractivity contribution >= 4 is 27.8 Å². The molecule has 0 bridgehead atoms. The van der Waals surface area contributed by atoms with Crippen molar-refractivity contribution in [3.05, 3.63) is 65.7 Å². The highest BCUT2D eigenvalue weighted by molar-refractivity contribution is 7.89. The molecule has 1 heterocycles. The molecule has 9 heteroatoms. The summed E-state index contributed by atoms with van der Waals surface area (Å²) in [6.45, 7) is -0.237. The molecular weight excluding hydrogens is 360 g/mol. The van der Waals surface area contributed by atoms with Crippen LogP contribution in [-0.4, -0.2) is 37.8 Å². The molecule has 8 nitrogen and oxygen atoms in total. The van der Waals surface area contributed by atoms with Crippen LogP contribution in [0, 0.1) is 0 Å². The summed E-state index contributed by atoms with van der Waals surface area (Å²) in [5.41, 5.74) is 0.296. The van der Waals surface area contributed by atoms with Gasteiger partial charge in [-0.15, -0.1) is 0 Å². The molecule has 0 atom stereocenters. The fraction of sp³-hybridized carbons (Fsp3) is 0.118. The van der Waals surface area contributed by atoms with E-state index >= 15 is 0 Å². The van der Waals surface area contributed by atoms with Crippen molar-refractivity contribution in [1.29, 1.82) is 0 Å². The molecule has 2 aromatic rings. The van der Waals surface area contributed by atoms with E-state index in [-0.39, 0.29) is 29.0 Å². The third kappa shape index (κ3) is 3.48. The number of nitrogens with one attached hydrogen (secondary N) is 1. The lowest BCUT2D eigenvalue weighted by atomic mass is 10.1. The maximum absolute atomic E-state index is 12.1. The molecule has 2 amide bonds. The van der Waals surface area contributed by atoms with Gasteiger partial charge in [-0.2, -0.15) is 0 Å². The number of nitrogens with zero attached hydrogens (tertiary/aromatic N) is 1. The molecule has 2 aromatic carbocycles. The Bertz CT molecular complexity index is 937. The molecule has 0 spiro atoms. The number of amides is 2. The molecule has 0 fully saturated rings. The van der Waals surface area contributed by atoms with Crippen LogP contribution in [0.3, 0.4) is 0 Å². The van der Waals surface area contributed by atoms with Gasteiger partial charge in [0.25, 0.3) is 11.8 Å². The summed E-state index contributed by atoms with van der Waals surface area (Å²) in [6.07, 6.45) is -0.348. The van der Waals surface area contributed by atoms with Crippen LogP contribution in [0.4, 0.5) is 0 Å². The van der Waals surface area contributed by atoms with Gasteiger partial charge in [0.1, 0.15) is 0 Å². The van der Waals surface area contributed by atoms with E-state index < -0.39 is 27.8 Å². The van der Waals surface area contributed by atoms with Gasteiger partial charge < -0.3 is 4.84 Å². The largest absolute Gasteiger partial charge is 0.334 e. The number of fused-ring (bicyclic) bond motifs is 1. The van der Waals surface area contributed by atoms with Crippen LogP contribution in [0.5, 0.6) is 0 Å². The number of rotatable bonds is 6. The van der Waals surface area contributed by atoms with Crippen LogP contribution < -0.4 is 4.72 Å². The number of hydrogen-bond acceptors (Lipinski definition) is 6. The summed E-state index contributed by atoms with van der Waals surface area (Å²) in [6, 6.07) is 13.8. The number of imide groups is 1. The second-order valence-electron chi connectivity index (χ2n) is 5.37. The summed E-state index contributed by atoms with van der Waals surface area (Å²) >= 11 is 0. The number of carbonyl (C=O) groups excluding carboxylic acids is 3. The Morgan fingerprint density at radius 2 is 1.46 bits per heavy atom. The smallest absolute Gasteiger partial charge is 0.330 e. The summed E-state index contributed by atoms with van der Waals surface area (Å²) in [7, 11) is -3.75. The topological polar surface area (TPSA) is 110 Å². The van der Waals surface area contributed by atoms with E-state index in [1.807, 2.05) is 0 Å². The van der Waals surface area contributed by atoms with Gasteiger partial charge in [-0.1, -0.05) is 35.4 Å². The molecule has 0 aromatic heterocycles. The Labute approximate surface area is 149 Å². The SMILES string of the molecule is O=C(CCNS(=O)(=O)c1ccccc1)ON1C(=O)c2ccccc2C1=O. The van der Waals surface area contributed by atoms with Crippen LogP contribution in [-0.2, 0) is 19.7 Å². The first kappa shape index (κ1) is 17.8. The Hall–Kier alpha value is -3.04. The highest BCUT2D eigenvalue weighted by Gasteiger charge is 2.38. The predicted molar refractivity (Wildman–Crippen MR) is 89.3 cm³/mol. The van der Waals surface area contributed by atoms with E-state index in [1.54, 1.807) is 30.3 Å². The monoisotopic (exact) mass is 374 g/mol. The molecule has 1 N–H and O–H groups in total. The predicted octanol–water partition coefficient (Wildman–Crippen LogP) is 1.11. The van der Waals surface area contributed by atoms with Gasteiger partial charge in [0.2, 0.25) is 10.0 Å². The van der Waals surface area contributed by atoms with Gasteiger partial charge >= 0.3 is 5.97 Å². The van der Waals surface area contributed by atoms with E-state index in [0.29, 0.717) is 5.06 Å². The number of hydroxylamine groups is 2. The van der Waals surface area contributed by atoms with Crippen molar-refractivity contribution in [3.8, 4) is 0 Å². The minimum atomic E-state index is -3.75. The molecule has 1 aliphatic rings. The quantitative estimate of drug-likeness (QED) is 0.759. The van der Waals surface area contributed by atoms with Gasteiger partial charge in [-0.05, 0) is 24.3 Å². The van der Waals surface area contributed by atoms with Gasteiger partial charge in [-0.3, -0.25) is 9.59 Å². The summed E-state index contributed by atoms with van der Waals surface area (Å²) in [5.74, 6) is -2.37. The molecule has 0 saturated heterocycles. The highest BCUT2D eigenvalue weighted by atomic mass is 32.2. The Morgan fingerprint density at radius 1 is 0.923 bits per heavy atom. The van der Waals surface area contributed by atoms with E-state index in [4.69, 9.17) is 4.84 Å². The van der Waals surface area contributed by atoms with Crippen LogP contribution in [0.2, 0.25) is 0 Å². The van der Waals surface area contributed by atoms with Gasteiger partial charge in [0.05, 0.1) is 22.4 Å². The van der Waals surface area contributed by atoms with Crippen molar-refractivity contribution in [3.63, 3.8) is 0 Å². The zero-order valence-corrected chi connectivity index (χ0v) is 14.2. The lowest BCUT2D eigenvalue weighted by molar-refractivity contribution is -0.168. The van der Waals surface area contributed by atoms with Gasteiger partial charge in [-0.25, -0.2) is 17.9 Å². The normalized spacial score (nSPS) is 13.6. The zero-order chi connectivity index (χ0) is 18.7. The number of benzene rings is 2. The zero-order valence-electron chi connectivity index (χ0n) is 13.4. The number of sulfonamides is 1. The third-order valence-electron chi connectivity index (χ3n) is 3.62. The van der Waals surface area contributed by atoms with E-state index in [9.17, 15) is 22.8 Å². The lowest BCUT2D eigenvalue weighted by Crippen LogP contribution is -2.34. The minimum Gasteiger partial charge on any atom is -0.330 e. The third-order valence-corrected chi connectivity index (χ3v) is 5.10. The molecule has 134 valence electrons. The fourth-order valence-corrected chi connectivity index (χ4v) is 3.42. The van der Waals surface area contributed by atoms with Crippen molar-refractivity contribution in [2.45, 2.75) is 11.3 Å². The molecular formula is C17H14N2O6S. The van der Waals surface area contributed by atoms with Crippen molar-refractivity contribution < 1.29 is 27.6 Å². The molecule has 3 rings (SSSR count). The second kappa shape index (κ2) is 7.06. The van der Waals surface area contributed by atoms with Crippen LogP contribution in [0.1, 0.15) is 27.1 Å². The second-order valence-corrected chi connectivity index (χ2v) is 7.14. The fourth-order valence-electron chi connectivity index (χ4n) is 2.37. The van der Waals surface area contributed by atoms with E-state index in [1.165, 1.54) is 24.3 Å². The van der Waals surface area contributed by atoms with Crippen molar-refractivity contribution in [2.24, 2.45) is 0 Å². The Balaban J connectivity index is 1.56. The molecule has 0 saturated carbocycles. The first-order chi connectivity index (χ1) is 12.4. The average Bonchev–Trinajstić information content (AvgIpc) is 2.88. The van der Waals surface area contributed by atoms with Crippen LogP contribution in [0.25, 0.3) is 0 Å². The summed E-state index contributed by atoms with van der Waals surface area (Å²) < 4.78 is 26.3. The maximum atomic E-state index is 12.1. The lowest BCUT2D eigenvalue weighted by Gasteiger charge is -2.13. The van der Waals surface area contributed by atoms with Gasteiger partial charge in [0, 0.05) is 6.54 Å². The highest BCUT2D eigenvalue weighted by Crippen LogP contribution is 2.22. The van der Waals surface area contributed by atoms with E-state index in [2.05, 4.69) is 4.72 Å². The Morgan fingerprint density at radius 3 is 2.04 bits per heavy atom. The molecule has 26 heavy (non-hydrogen) atoms. The maximum Gasteiger partial charge on any atom is 0.334 e. The Kier molecular flexibility index (Phi) is 4.83. The van der Waals surface area contributed by atoms with Crippen LogP contribution in [0.15, 0.2) is 59.5 Å². The molecule has 0 aliphatic carbocycles. The average molecular weight is 374 g/mol. The summed E-state index contributed by atoms with van der Waals surface area (Å²) in [4.78, 5) is 40.9. The van der Waals surface area contributed by atoms with E-state index in [0.717, 1.165) is 0 Å². The molecule has 0 radical (unpaired) electrons. The first-order valence-corrected chi connectivity index (χ1v) is 9.12. The van der Waals surface area contributed by atoms with Crippen LogP contribution >= 0.6 is 0 Å². The molecule has 1 aliphatic heterocycles. The molecule has 0 unspecified atom stereocenters. The number of hydrogen-bond donors (Lipinski definition) is 1. The van der Waals surface area contributed by atoms with Crippen molar-refractivity contribution in [2.75, 3.05) is 6.54 Å². The standard InChI is InChI=1S/C17H14N2O6S/c20-15(10-11-18-26(23,24)12-6-2-1-3-7-12)25-19-16(21)13-8-4-5-9-14(13)17(19)22/h1-9,18H,10-11H2. The van der Waals surface area contributed by atoms with Crippen molar-refractivity contribution in [1.82, 2.24) is 9.79 Å². The summed E-state index contributed by atoms with van der Waals surface area (Å²) in [5, 5.41) is 0.388.